The van der Waals surface area contributed by atoms with Crippen LogP contribution in [0, 0.1) is 19.8 Å². The molecule has 0 radical (unpaired) electrons. The van der Waals surface area contributed by atoms with Gasteiger partial charge >= 0.3 is 5.97 Å². The lowest BCUT2D eigenvalue weighted by molar-refractivity contribution is -0.139. The van der Waals surface area contributed by atoms with Gasteiger partial charge in [0.2, 0.25) is 5.91 Å². The number of benzene rings is 3. The van der Waals surface area contributed by atoms with Crippen molar-refractivity contribution >= 4 is 81.5 Å². The van der Waals surface area contributed by atoms with Crippen molar-refractivity contribution in [3.05, 3.63) is 84.8 Å². The molecule has 1 atom stereocenters. The third-order valence-electron chi connectivity index (χ3n) is 6.51. The smallest absolute Gasteiger partial charge is 0.316 e. The molecule has 5 rings (SSSR count). The van der Waals surface area contributed by atoms with Crippen LogP contribution in [0.4, 0.5) is 11.4 Å². The molecule has 0 saturated carbocycles. The van der Waals surface area contributed by atoms with Crippen LogP contribution >= 0.6 is 46.4 Å². The molecule has 0 bridgehead atoms. The molecule has 2 aliphatic heterocycles. The van der Waals surface area contributed by atoms with Crippen LogP contribution in [0.3, 0.4) is 0 Å². The molecule has 11 heteroatoms. The fourth-order valence-corrected chi connectivity index (χ4v) is 5.59. The molecule has 0 aromatic heterocycles. The van der Waals surface area contributed by atoms with E-state index in [-0.39, 0.29) is 61.5 Å². The molecule has 38 heavy (non-hydrogen) atoms. The Morgan fingerprint density at radius 3 is 2.13 bits per heavy atom. The molecular formula is C27H18Cl4N2O5. The Labute approximate surface area is 237 Å². The van der Waals surface area contributed by atoms with E-state index in [1.54, 1.807) is 4.90 Å². The maximum Gasteiger partial charge on any atom is 0.316 e. The van der Waals surface area contributed by atoms with E-state index in [4.69, 9.17) is 51.1 Å². The predicted octanol–water partition coefficient (Wildman–Crippen LogP) is 6.68. The van der Waals surface area contributed by atoms with Crippen molar-refractivity contribution in [2.75, 3.05) is 16.3 Å². The van der Waals surface area contributed by atoms with E-state index in [1.165, 1.54) is 24.3 Å². The molecular weight excluding hydrogens is 574 g/mol. The van der Waals surface area contributed by atoms with Crippen LogP contribution in [-0.2, 0) is 9.59 Å². The fourth-order valence-electron chi connectivity index (χ4n) is 4.58. The summed E-state index contributed by atoms with van der Waals surface area (Å²) in [6.45, 7) is 4.01. The standard InChI is InChI=1S/C27H18Cl4N2O5/c1-12-6-7-13(2)17(8-12)32-11-14(9-18(32)34)27(37)38-16-5-3-4-15(10-16)33-25(35)19-20(26(33)36)22(29)24(31)23(30)21(19)28/h3-8,10,14H,9,11H2,1-2H3/t14-/m1/s1. The SMILES string of the molecule is Cc1ccc(C)c(N2C[C@H](C(=O)Oc3cccc(N4C(=O)c5c(Cl)c(Cl)c(Cl)c(Cl)c5C4=O)c3)CC2=O)c1. The van der Waals surface area contributed by atoms with Gasteiger partial charge in [-0.3, -0.25) is 19.2 Å². The van der Waals surface area contributed by atoms with Crippen molar-refractivity contribution in [3.8, 4) is 5.75 Å². The van der Waals surface area contributed by atoms with Gasteiger partial charge in [0.1, 0.15) is 5.75 Å². The number of hydrogen-bond acceptors (Lipinski definition) is 5. The van der Waals surface area contributed by atoms with E-state index in [9.17, 15) is 19.2 Å². The lowest BCUT2D eigenvalue weighted by Crippen LogP contribution is -2.29. The number of anilines is 2. The second-order valence-corrected chi connectivity index (χ2v) is 10.6. The number of nitrogens with zero attached hydrogens (tertiary/aromatic N) is 2. The van der Waals surface area contributed by atoms with Crippen LogP contribution in [0.25, 0.3) is 0 Å². The number of aryl methyl sites for hydroxylation is 2. The minimum Gasteiger partial charge on any atom is -0.426 e. The van der Waals surface area contributed by atoms with Crippen molar-refractivity contribution in [1.29, 1.82) is 0 Å². The Bertz CT molecular complexity index is 1520. The van der Waals surface area contributed by atoms with Gasteiger partial charge in [-0.15, -0.1) is 0 Å². The summed E-state index contributed by atoms with van der Waals surface area (Å²) in [5.41, 5.74) is 2.50. The molecule has 0 N–H and O–H groups in total. The number of hydrogen-bond donors (Lipinski definition) is 0. The Morgan fingerprint density at radius 1 is 0.868 bits per heavy atom. The van der Waals surface area contributed by atoms with Crippen molar-refractivity contribution < 1.29 is 23.9 Å². The highest BCUT2D eigenvalue weighted by Crippen LogP contribution is 2.46. The lowest BCUT2D eigenvalue weighted by Gasteiger charge is -2.19. The Balaban J connectivity index is 1.37. The number of imide groups is 1. The topological polar surface area (TPSA) is 84.0 Å². The van der Waals surface area contributed by atoms with E-state index in [0.717, 1.165) is 21.7 Å². The maximum atomic E-state index is 13.2. The zero-order valence-electron chi connectivity index (χ0n) is 20.0. The second-order valence-electron chi connectivity index (χ2n) is 9.07. The summed E-state index contributed by atoms with van der Waals surface area (Å²) in [6, 6.07) is 11.7. The summed E-state index contributed by atoms with van der Waals surface area (Å²) in [5, 5.41) is -0.634. The number of halogens is 4. The Kier molecular flexibility index (Phi) is 6.90. The van der Waals surface area contributed by atoms with Crippen LogP contribution in [-0.4, -0.2) is 30.2 Å². The van der Waals surface area contributed by atoms with Crippen LogP contribution in [0.5, 0.6) is 5.75 Å². The van der Waals surface area contributed by atoms with E-state index < -0.39 is 23.7 Å². The van der Waals surface area contributed by atoms with Gasteiger partial charge in [0.15, 0.2) is 0 Å². The van der Waals surface area contributed by atoms with Crippen molar-refractivity contribution in [2.45, 2.75) is 20.3 Å². The zero-order valence-corrected chi connectivity index (χ0v) is 23.0. The van der Waals surface area contributed by atoms with Gasteiger partial charge in [-0.1, -0.05) is 64.6 Å². The van der Waals surface area contributed by atoms with Gasteiger partial charge in [-0.05, 0) is 43.2 Å². The molecule has 2 heterocycles. The van der Waals surface area contributed by atoms with Gasteiger partial charge in [0.05, 0.1) is 42.8 Å². The molecule has 3 aromatic carbocycles. The van der Waals surface area contributed by atoms with E-state index in [1.807, 2.05) is 32.0 Å². The zero-order chi connectivity index (χ0) is 27.5. The number of fused-ring (bicyclic) bond motifs is 1. The number of rotatable bonds is 4. The molecule has 3 amide bonds. The van der Waals surface area contributed by atoms with Crippen LogP contribution < -0.4 is 14.5 Å². The number of carbonyl (C=O) groups is 4. The van der Waals surface area contributed by atoms with Crippen LogP contribution in [0.2, 0.25) is 20.1 Å². The second kappa shape index (κ2) is 9.89. The van der Waals surface area contributed by atoms with Crippen LogP contribution in [0.15, 0.2) is 42.5 Å². The monoisotopic (exact) mass is 590 g/mol. The lowest BCUT2D eigenvalue weighted by atomic mass is 10.1. The van der Waals surface area contributed by atoms with Gasteiger partial charge in [0, 0.05) is 24.7 Å². The molecule has 194 valence electrons. The summed E-state index contributed by atoms with van der Waals surface area (Å²) in [5.74, 6) is -2.86. The molecule has 0 aliphatic carbocycles. The third-order valence-corrected chi connectivity index (χ3v) is 8.31. The molecule has 3 aromatic rings. The predicted molar refractivity (Wildman–Crippen MR) is 146 cm³/mol. The van der Waals surface area contributed by atoms with E-state index in [0.29, 0.717) is 0 Å². The third kappa shape index (κ3) is 4.33. The summed E-state index contributed by atoms with van der Waals surface area (Å²) in [7, 11) is 0. The van der Waals surface area contributed by atoms with E-state index in [2.05, 4.69) is 0 Å². The molecule has 7 nitrogen and oxygen atoms in total. The highest BCUT2D eigenvalue weighted by Gasteiger charge is 2.43. The Morgan fingerprint density at radius 2 is 1.50 bits per heavy atom. The van der Waals surface area contributed by atoms with Crippen molar-refractivity contribution in [1.82, 2.24) is 0 Å². The van der Waals surface area contributed by atoms with E-state index >= 15 is 0 Å². The van der Waals surface area contributed by atoms with Crippen molar-refractivity contribution in [2.24, 2.45) is 5.92 Å². The summed E-state index contributed by atoms with van der Waals surface area (Å²) in [4.78, 5) is 54.4. The molecule has 1 saturated heterocycles. The summed E-state index contributed by atoms with van der Waals surface area (Å²) < 4.78 is 5.56. The van der Waals surface area contributed by atoms with Gasteiger partial charge in [0.25, 0.3) is 11.8 Å². The van der Waals surface area contributed by atoms with Gasteiger partial charge in [-0.25, -0.2) is 4.90 Å². The number of ether oxygens (including phenoxy) is 1. The fraction of sp³-hybridized carbons (Fsp3) is 0.185. The number of esters is 1. The first-order valence-electron chi connectivity index (χ1n) is 11.4. The minimum absolute atomic E-state index is 0.00281. The van der Waals surface area contributed by atoms with Crippen molar-refractivity contribution in [3.63, 3.8) is 0 Å². The first-order valence-corrected chi connectivity index (χ1v) is 12.9. The van der Waals surface area contributed by atoms with Crippen LogP contribution in [0.1, 0.15) is 38.3 Å². The first-order chi connectivity index (χ1) is 18.0. The van der Waals surface area contributed by atoms with Gasteiger partial charge in [-0.2, -0.15) is 0 Å². The minimum atomic E-state index is -0.746. The molecule has 0 unspecified atom stereocenters. The molecule has 0 spiro atoms. The number of amides is 3. The quantitative estimate of drug-likeness (QED) is 0.111. The molecule has 1 fully saturated rings. The average molecular weight is 592 g/mol. The highest BCUT2D eigenvalue weighted by molar-refractivity contribution is 6.56. The number of carbonyl (C=O) groups excluding carboxylic acids is 4. The average Bonchev–Trinajstić information content (AvgIpc) is 3.39. The Hall–Kier alpha value is -3.10. The maximum absolute atomic E-state index is 13.2. The molecule has 2 aliphatic rings. The highest BCUT2D eigenvalue weighted by atomic mass is 35.5. The largest absolute Gasteiger partial charge is 0.426 e. The first kappa shape index (κ1) is 26.5. The summed E-state index contributed by atoms with van der Waals surface area (Å²) in [6.07, 6.45) is 0.00281. The normalized spacial score (nSPS) is 16.9. The summed E-state index contributed by atoms with van der Waals surface area (Å²) >= 11 is 24.6. The van der Waals surface area contributed by atoms with Gasteiger partial charge < -0.3 is 9.64 Å².